The smallest absolute Gasteiger partial charge is 0.0548 e. The molecule has 17 heavy (non-hydrogen) atoms. The van der Waals surface area contributed by atoms with Gasteiger partial charge in [-0.2, -0.15) is 0 Å². The Balaban J connectivity index is 1.70. The van der Waals surface area contributed by atoms with Crippen LogP contribution in [-0.2, 0) is 6.42 Å². The summed E-state index contributed by atoms with van der Waals surface area (Å²) in [5, 5.41) is 3.54. The molecule has 1 aromatic rings. The topological polar surface area (TPSA) is 38.0 Å². The van der Waals surface area contributed by atoms with Gasteiger partial charge in [0.05, 0.1) is 6.17 Å². The monoisotopic (exact) mass is 232 g/mol. The van der Waals surface area contributed by atoms with Crippen LogP contribution in [0.5, 0.6) is 0 Å². The minimum Gasteiger partial charge on any atom is -0.316 e. The number of benzene rings is 1. The van der Waals surface area contributed by atoms with Crippen LogP contribution in [0.1, 0.15) is 44.1 Å². The number of hydrogen-bond donors (Lipinski definition) is 2. The fourth-order valence-electron chi connectivity index (χ4n) is 2.65. The van der Waals surface area contributed by atoms with Crippen molar-refractivity contribution in [3.05, 3.63) is 35.9 Å². The first-order chi connectivity index (χ1) is 8.34. The maximum atomic E-state index is 6.00. The van der Waals surface area contributed by atoms with Gasteiger partial charge in [-0.3, -0.25) is 5.32 Å². The molecule has 1 fully saturated rings. The zero-order valence-corrected chi connectivity index (χ0v) is 10.6. The van der Waals surface area contributed by atoms with E-state index in [9.17, 15) is 0 Å². The maximum Gasteiger partial charge on any atom is 0.0548 e. The number of hydrogen-bond acceptors (Lipinski definition) is 2. The van der Waals surface area contributed by atoms with Gasteiger partial charge in [-0.05, 0) is 37.7 Å². The number of aryl methyl sites for hydroxylation is 1. The van der Waals surface area contributed by atoms with Crippen LogP contribution in [0.3, 0.4) is 0 Å². The molecule has 1 aromatic carbocycles. The van der Waals surface area contributed by atoms with Crippen molar-refractivity contribution in [2.75, 3.05) is 0 Å². The van der Waals surface area contributed by atoms with Crippen LogP contribution in [-0.4, -0.2) is 12.2 Å². The van der Waals surface area contributed by atoms with Crippen molar-refractivity contribution in [2.45, 2.75) is 57.2 Å². The summed E-state index contributed by atoms with van der Waals surface area (Å²) in [6.07, 6.45) is 8.96. The Hall–Kier alpha value is -0.860. The van der Waals surface area contributed by atoms with Crippen molar-refractivity contribution in [2.24, 2.45) is 5.73 Å². The van der Waals surface area contributed by atoms with E-state index in [0.717, 1.165) is 6.42 Å². The van der Waals surface area contributed by atoms with Crippen molar-refractivity contribution in [1.82, 2.24) is 5.32 Å². The Labute approximate surface area is 105 Å². The normalized spacial score (nSPS) is 25.5. The van der Waals surface area contributed by atoms with E-state index in [1.165, 1.54) is 44.1 Å². The highest BCUT2D eigenvalue weighted by molar-refractivity contribution is 5.14. The molecule has 2 nitrogen and oxygen atoms in total. The van der Waals surface area contributed by atoms with Gasteiger partial charge in [0.1, 0.15) is 0 Å². The lowest BCUT2D eigenvalue weighted by atomic mass is 10.0. The van der Waals surface area contributed by atoms with Gasteiger partial charge in [0.2, 0.25) is 0 Å². The number of rotatable bonds is 4. The van der Waals surface area contributed by atoms with Crippen LogP contribution in [0, 0.1) is 0 Å². The molecule has 3 N–H and O–H groups in total. The van der Waals surface area contributed by atoms with Crippen LogP contribution < -0.4 is 11.1 Å². The van der Waals surface area contributed by atoms with Crippen LogP contribution in [0.4, 0.5) is 0 Å². The first-order valence-corrected chi connectivity index (χ1v) is 6.90. The van der Waals surface area contributed by atoms with E-state index < -0.39 is 0 Å². The summed E-state index contributed by atoms with van der Waals surface area (Å²) < 4.78 is 0. The summed E-state index contributed by atoms with van der Waals surface area (Å²) in [5.41, 5.74) is 7.45. The lowest BCUT2D eigenvalue weighted by Gasteiger charge is -2.19. The molecule has 0 radical (unpaired) electrons. The Morgan fingerprint density at radius 3 is 2.71 bits per heavy atom. The van der Waals surface area contributed by atoms with Crippen LogP contribution in [0.25, 0.3) is 0 Å². The van der Waals surface area contributed by atoms with E-state index in [1.54, 1.807) is 0 Å². The number of nitrogens with one attached hydrogen (secondary N) is 1. The van der Waals surface area contributed by atoms with Gasteiger partial charge in [-0.25, -0.2) is 0 Å². The molecule has 2 heteroatoms. The molecule has 1 aliphatic heterocycles. The summed E-state index contributed by atoms with van der Waals surface area (Å²) in [6, 6.07) is 11.4. The van der Waals surface area contributed by atoms with Gasteiger partial charge < -0.3 is 5.73 Å². The van der Waals surface area contributed by atoms with Crippen molar-refractivity contribution in [3.63, 3.8) is 0 Å². The van der Waals surface area contributed by atoms with E-state index in [-0.39, 0.29) is 6.17 Å². The fraction of sp³-hybridized carbons (Fsp3) is 0.600. The SMILES string of the molecule is NC1CCCCC(CCCc2ccccc2)N1. The van der Waals surface area contributed by atoms with Crippen LogP contribution in [0.2, 0.25) is 0 Å². The first-order valence-electron chi connectivity index (χ1n) is 6.90. The lowest BCUT2D eigenvalue weighted by Crippen LogP contribution is -2.42. The minimum absolute atomic E-state index is 0.222. The average Bonchev–Trinajstić information content (AvgIpc) is 2.55. The standard InChI is InChI=1S/C15H24N2/c16-15-12-5-4-10-14(17-15)11-6-9-13-7-2-1-3-8-13/h1-3,7-8,14-15,17H,4-6,9-12,16H2. The Morgan fingerprint density at radius 2 is 1.88 bits per heavy atom. The molecule has 2 unspecified atom stereocenters. The van der Waals surface area contributed by atoms with Gasteiger partial charge >= 0.3 is 0 Å². The van der Waals surface area contributed by atoms with E-state index in [1.807, 2.05) is 0 Å². The molecular weight excluding hydrogens is 208 g/mol. The summed E-state index contributed by atoms with van der Waals surface area (Å²) in [7, 11) is 0. The predicted molar refractivity (Wildman–Crippen MR) is 72.7 cm³/mol. The molecule has 1 saturated heterocycles. The highest BCUT2D eigenvalue weighted by Gasteiger charge is 2.15. The molecule has 1 aliphatic rings. The van der Waals surface area contributed by atoms with Crippen LogP contribution >= 0.6 is 0 Å². The van der Waals surface area contributed by atoms with Gasteiger partial charge in [0.25, 0.3) is 0 Å². The molecule has 0 aliphatic carbocycles. The Kier molecular flexibility index (Phi) is 5.02. The van der Waals surface area contributed by atoms with Gasteiger partial charge in [-0.1, -0.05) is 43.2 Å². The maximum absolute atomic E-state index is 6.00. The third-order valence-electron chi connectivity index (χ3n) is 3.63. The minimum atomic E-state index is 0.222. The van der Waals surface area contributed by atoms with Gasteiger partial charge in [-0.15, -0.1) is 0 Å². The summed E-state index contributed by atoms with van der Waals surface area (Å²) >= 11 is 0. The molecule has 0 spiro atoms. The molecule has 0 saturated carbocycles. The zero-order valence-electron chi connectivity index (χ0n) is 10.6. The highest BCUT2D eigenvalue weighted by atomic mass is 15.0. The van der Waals surface area contributed by atoms with Gasteiger partial charge in [0.15, 0.2) is 0 Å². The molecule has 2 rings (SSSR count). The number of nitrogens with two attached hydrogens (primary N) is 1. The van der Waals surface area contributed by atoms with Crippen molar-refractivity contribution in [1.29, 1.82) is 0 Å². The predicted octanol–water partition coefficient (Wildman–Crippen LogP) is 2.83. The molecule has 0 amide bonds. The van der Waals surface area contributed by atoms with Crippen LogP contribution in [0.15, 0.2) is 30.3 Å². The van der Waals surface area contributed by atoms with Crippen molar-refractivity contribution in [3.8, 4) is 0 Å². The second-order valence-corrected chi connectivity index (χ2v) is 5.13. The summed E-state index contributed by atoms with van der Waals surface area (Å²) in [5.74, 6) is 0. The second-order valence-electron chi connectivity index (χ2n) is 5.13. The van der Waals surface area contributed by atoms with Crippen molar-refractivity contribution < 1.29 is 0 Å². The molecule has 0 aromatic heterocycles. The van der Waals surface area contributed by atoms with E-state index >= 15 is 0 Å². The first kappa shape index (κ1) is 12.6. The fourth-order valence-corrected chi connectivity index (χ4v) is 2.65. The average molecular weight is 232 g/mol. The summed E-state index contributed by atoms with van der Waals surface area (Å²) in [6.45, 7) is 0. The lowest BCUT2D eigenvalue weighted by molar-refractivity contribution is 0.409. The second kappa shape index (κ2) is 6.77. The molecular formula is C15H24N2. The largest absolute Gasteiger partial charge is 0.316 e. The van der Waals surface area contributed by atoms with E-state index in [0.29, 0.717) is 6.04 Å². The van der Waals surface area contributed by atoms with E-state index in [4.69, 9.17) is 5.73 Å². The third kappa shape index (κ3) is 4.49. The zero-order chi connectivity index (χ0) is 11.9. The van der Waals surface area contributed by atoms with Crippen molar-refractivity contribution >= 4 is 0 Å². The third-order valence-corrected chi connectivity index (χ3v) is 3.63. The Bertz CT molecular complexity index is 310. The quantitative estimate of drug-likeness (QED) is 0.837. The molecule has 1 heterocycles. The molecule has 94 valence electrons. The molecule has 2 atom stereocenters. The van der Waals surface area contributed by atoms with Gasteiger partial charge in [0, 0.05) is 6.04 Å². The van der Waals surface area contributed by atoms with E-state index in [2.05, 4.69) is 35.6 Å². The summed E-state index contributed by atoms with van der Waals surface area (Å²) in [4.78, 5) is 0. The molecule has 0 bridgehead atoms. The Morgan fingerprint density at radius 1 is 1.12 bits per heavy atom. The highest BCUT2D eigenvalue weighted by Crippen LogP contribution is 2.15.